The van der Waals surface area contributed by atoms with Crippen LogP contribution in [0.1, 0.15) is 12.8 Å². The number of rotatable bonds is 4. The predicted molar refractivity (Wildman–Crippen MR) is 112 cm³/mol. The van der Waals surface area contributed by atoms with Crippen molar-refractivity contribution in [1.82, 2.24) is 20.0 Å². The first-order chi connectivity index (χ1) is 15.2. The molecule has 1 saturated heterocycles. The first-order valence-corrected chi connectivity index (χ1v) is 10.2. The molecule has 2 amide bonds. The Morgan fingerprint density at radius 2 is 1.94 bits per heavy atom. The number of urea groups is 1. The lowest BCUT2D eigenvalue weighted by Gasteiger charge is -2.35. The average Bonchev–Trinajstić information content (AvgIpc) is 3.48. The van der Waals surface area contributed by atoms with Crippen molar-refractivity contribution in [3.8, 4) is 22.9 Å². The molecule has 0 radical (unpaired) electrons. The molecule has 0 saturated carbocycles. The molecule has 1 N–H and O–H groups in total. The van der Waals surface area contributed by atoms with Gasteiger partial charge in [-0.3, -0.25) is 0 Å². The van der Waals surface area contributed by atoms with E-state index in [1.54, 1.807) is 29.3 Å². The molecule has 0 aliphatic carbocycles. The minimum absolute atomic E-state index is 0.134. The van der Waals surface area contributed by atoms with Crippen molar-refractivity contribution in [3.05, 3.63) is 42.4 Å². The van der Waals surface area contributed by atoms with Crippen molar-refractivity contribution in [2.45, 2.75) is 13.3 Å². The lowest BCUT2D eigenvalue weighted by atomic mass is 10.2. The zero-order valence-corrected chi connectivity index (χ0v) is 17.1. The van der Waals surface area contributed by atoms with Gasteiger partial charge in [-0.25, -0.2) is 9.78 Å². The van der Waals surface area contributed by atoms with Gasteiger partial charge < -0.3 is 29.1 Å². The summed E-state index contributed by atoms with van der Waals surface area (Å²) in [6.45, 7) is 4.77. The fraction of sp³-hybridized carbons (Fsp3) is 0.333. The van der Waals surface area contributed by atoms with Crippen molar-refractivity contribution in [3.63, 3.8) is 0 Å². The Hall–Kier alpha value is -3.82. The van der Waals surface area contributed by atoms with Crippen molar-refractivity contribution >= 4 is 17.5 Å². The van der Waals surface area contributed by atoms with Crippen LogP contribution < -0.4 is 19.7 Å². The molecule has 5 rings (SSSR count). The van der Waals surface area contributed by atoms with E-state index in [-0.39, 0.29) is 12.8 Å². The van der Waals surface area contributed by atoms with Gasteiger partial charge in [0.25, 0.3) is 0 Å². The summed E-state index contributed by atoms with van der Waals surface area (Å²) >= 11 is 0. The highest BCUT2D eigenvalue weighted by Crippen LogP contribution is 2.34. The minimum atomic E-state index is -0.134. The van der Waals surface area contributed by atoms with Gasteiger partial charge in [0.1, 0.15) is 5.82 Å². The summed E-state index contributed by atoms with van der Waals surface area (Å²) in [5, 5.41) is 6.90. The highest BCUT2D eigenvalue weighted by molar-refractivity contribution is 5.90. The molecule has 1 fully saturated rings. The van der Waals surface area contributed by atoms with Gasteiger partial charge in [0.2, 0.25) is 18.5 Å². The summed E-state index contributed by atoms with van der Waals surface area (Å²) in [5.74, 6) is 3.34. The molecular formula is C21H22N6O4. The summed E-state index contributed by atoms with van der Waals surface area (Å²) in [5.41, 5.74) is 1.50. The van der Waals surface area contributed by atoms with Crippen LogP contribution in [0.25, 0.3) is 11.4 Å². The molecule has 4 heterocycles. The Morgan fingerprint density at radius 1 is 1.10 bits per heavy atom. The number of carbonyl (C=O) groups excluding carboxylic acids is 1. The third kappa shape index (κ3) is 3.96. The Morgan fingerprint density at radius 3 is 2.68 bits per heavy atom. The number of anilines is 2. The normalized spacial score (nSPS) is 15.3. The standard InChI is InChI=1S/C21H22N6O4/c1-2-19-24-20(25-31-19)14-3-6-18(22-12-14)26-7-9-27(10-8-26)21(28)23-15-4-5-16-17(11-15)30-13-29-16/h3-6,11-12H,2,7-10,13H2,1H3,(H,23,28). The number of amides is 2. The van der Waals surface area contributed by atoms with E-state index < -0.39 is 0 Å². The van der Waals surface area contributed by atoms with Crippen molar-refractivity contribution in [1.29, 1.82) is 0 Å². The zero-order chi connectivity index (χ0) is 21.2. The number of hydrogen-bond donors (Lipinski definition) is 1. The molecule has 1 aromatic carbocycles. The number of ether oxygens (including phenoxy) is 2. The molecular weight excluding hydrogens is 400 g/mol. The van der Waals surface area contributed by atoms with E-state index >= 15 is 0 Å². The van der Waals surface area contributed by atoms with Crippen LogP contribution in [-0.2, 0) is 6.42 Å². The fourth-order valence-corrected chi connectivity index (χ4v) is 3.54. The second kappa shape index (κ2) is 8.13. The van der Waals surface area contributed by atoms with Gasteiger partial charge in [0, 0.05) is 56.1 Å². The number of carbonyl (C=O) groups is 1. The maximum atomic E-state index is 12.6. The van der Waals surface area contributed by atoms with Gasteiger partial charge in [-0.05, 0) is 24.3 Å². The zero-order valence-electron chi connectivity index (χ0n) is 17.1. The third-order valence-electron chi connectivity index (χ3n) is 5.29. The van der Waals surface area contributed by atoms with Gasteiger partial charge in [0.05, 0.1) is 0 Å². The molecule has 0 atom stereocenters. The van der Waals surface area contributed by atoms with Crippen LogP contribution >= 0.6 is 0 Å². The summed E-state index contributed by atoms with van der Waals surface area (Å²) in [7, 11) is 0. The third-order valence-corrected chi connectivity index (χ3v) is 5.29. The predicted octanol–water partition coefficient (Wildman–Crippen LogP) is 2.78. The number of fused-ring (bicyclic) bond motifs is 1. The van der Waals surface area contributed by atoms with Crippen LogP contribution in [0.5, 0.6) is 11.5 Å². The quantitative estimate of drug-likeness (QED) is 0.684. The van der Waals surface area contributed by atoms with E-state index in [2.05, 4.69) is 25.3 Å². The Bertz CT molecular complexity index is 1080. The van der Waals surface area contributed by atoms with Crippen LogP contribution in [-0.4, -0.2) is 59.0 Å². The van der Waals surface area contributed by atoms with Gasteiger partial charge in [0.15, 0.2) is 11.5 Å². The SMILES string of the molecule is CCc1nc(-c2ccc(N3CCN(C(=O)Nc4ccc5c(c4)OCO5)CC3)nc2)no1. The molecule has 160 valence electrons. The molecule has 0 spiro atoms. The molecule has 2 aliphatic rings. The Labute approximate surface area is 178 Å². The smallest absolute Gasteiger partial charge is 0.321 e. The van der Waals surface area contributed by atoms with Crippen LogP contribution in [0.2, 0.25) is 0 Å². The summed E-state index contributed by atoms with van der Waals surface area (Å²) in [6, 6.07) is 9.12. The van der Waals surface area contributed by atoms with Crippen molar-refractivity contribution in [2.24, 2.45) is 0 Å². The molecule has 2 aromatic heterocycles. The van der Waals surface area contributed by atoms with E-state index in [1.807, 2.05) is 19.1 Å². The van der Waals surface area contributed by atoms with Crippen molar-refractivity contribution in [2.75, 3.05) is 43.2 Å². The van der Waals surface area contributed by atoms with Crippen molar-refractivity contribution < 1.29 is 18.8 Å². The topological polar surface area (TPSA) is 106 Å². The van der Waals surface area contributed by atoms with E-state index in [0.717, 1.165) is 11.4 Å². The van der Waals surface area contributed by atoms with Crippen LogP contribution in [0.4, 0.5) is 16.3 Å². The summed E-state index contributed by atoms with van der Waals surface area (Å²) < 4.78 is 15.8. The van der Waals surface area contributed by atoms with E-state index in [1.165, 1.54) is 0 Å². The second-order valence-electron chi connectivity index (χ2n) is 7.24. The highest BCUT2D eigenvalue weighted by atomic mass is 16.7. The molecule has 2 aliphatic heterocycles. The summed E-state index contributed by atoms with van der Waals surface area (Å²) in [4.78, 5) is 25.4. The number of hydrogen-bond acceptors (Lipinski definition) is 8. The molecule has 3 aromatic rings. The fourth-order valence-electron chi connectivity index (χ4n) is 3.54. The van der Waals surface area contributed by atoms with Gasteiger partial charge >= 0.3 is 6.03 Å². The number of aromatic nitrogens is 3. The van der Waals surface area contributed by atoms with Gasteiger partial charge in [-0.15, -0.1) is 0 Å². The number of piperazine rings is 1. The maximum absolute atomic E-state index is 12.6. The number of nitrogens with one attached hydrogen (secondary N) is 1. The monoisotopic (exact) mass is 422 g/mol. The minimum Gasteiger partial charge on any atom is -0.454 e. The Balaban J connectivity index is 1.17. The Kier molecular flexibility index (Phi) is 5.03. The van der Waals surface area contributed by atoms with E-state index in [9.17, 15) is 4.79 Å². The maximum Gasteiger partial charge on any atom is 0.321 e. The molecule has 10 heteroatoms. The summed E-state index contributed by atoms with van der Waals surface area (Å²) in [6.07, 6.45) is 2.45. The first-order valence-electron chi connectivity index (χ1n) is 10.2. The van der Waals surface area contributed by atoms with Crippen LogP contribution in [0.3, 0.4) is 0 Å². The first kappa shape index (κ1) is 19.2. The molecule has 0 unspecified atom stereocenters. The van der Waals surface area contributed by atoms with Crippen LogP contribution in [0.15, 0.2) is 41.1 Å². The highest BCUT2D eigenvalue weighted by Gasteiger charge is 2.23. The number of nitrogens with zero attached hydrogens (tertiary/aromatic N) is 5. The largest absolute Gasteiger partial charge is 0.454 e. The second-order valence-corrected chi connectivity index (χ2v) is 7.24. The lowest BCUT2D eigenvalue weighted by Crippen LogP contribution is -2.50. The van der Waals surface area contributed by atoms with Crippen LogP contribution in [0, 0.1) is 0 Å². The number of benzene rings is 1. The van der Waals surface area contributed by atoms with E-state index in [4.69, 9.17) is 14.0 Å². The average molecular weight is 422 g/mol. The molecule has 10 nitrogen and oxygen atoms in total. The number of pyridine rings is 1. The van der Waals surface area contributed by atoms with Gasteiger partial charge in [-0.1, -0.05) is 12.1 Å². The van der Waals surface area contributed by atoms with Gasteiger partial charge in [-0.2, -0.15) is 4.98 Å². The molecule has 31 heavy (non-hydrogen) atoms. The molecule has 0 bridgehead atoms. The lowest BCUT2D eigenvalue weighted by molar-refractivity contribution is 0.174. The number of aryl methyl sites for hydroxylation is 1. The van der Waals surface area contributed by atoms with E-state index in [0.29, 0.717) is 61.5 Å².